The van der Waals surface area contributed by atoms with E-state index in [1.165, 1.54) is 16.5 Å². The van der Waals surface area contributed by atoms with Crippen LogP contribution in [0.4, 0.5) is 0 Å². The SMILES string of the molecule is Cc1[c-]cc(CCC[C@H]2CCC(=O)[C@@H]2COc2cccc3ccccc23)cc1.[Y]. The Morgan fingerprint density at radius 1 is 1.07 bits per heavy atom. The number of carbonyl (C=O) groups is 1. The number of ether oxygens (including phenoxy) is 1. The van der Waals surface area contributed by atoms with Crippen molar-refractivity contribution in [1.82, 2.24) is 0 Å². The van der Waals surface area contributed by atoms with E-state index in [1.54, 1.807) is 0 Å². The molecule has 1 saturated carbocycles. The zero-order valence-corrected chi connectivity index (χ0v) is 19.9. The zero-order valence-electron chi connectivity index (χ0n) is 17.1. The first-order chi connectivity index (χ1) is 13.7. The average molecular weight is 460 g/mol. The molecule has 1 aliphatic rings. The molecule has 0 N–H and O–H groups in total. The third-order valence-corrected chi connectivity index (χ3v) is 5.99. The fourth-order valence-corrected chi connectivity index (χ4v) is 4.31. The number of rotatable bonds is 7. The van der Waals surface area contributed by atoms with Crippen LogP contribution >= 0.6 is 0 Å². The second-order valence-electron chi connectivity index (χ2n) is 7.93. The van der Waals surface area contributed by atoms with Gasteiger partial charge in [-0.05, 0) is 23.8 Å². The van der Waals surface area contributed by atoms with Gasteiger partial charge in [-0.2, -0.15) is 35.4 Å². The predicted molar refractivity (Wildman–Crippen MR) is 114 cm³/mol. The van der Waals surface area contributed by atoms with E-state index in [0.717, 1.165) is 36.8 Å². The van der Waals surface area contributed by atoms with Gasteiger partial charge in [0.1, 0.15) is 11.5 Å². The Balaban J connectivity index is 0.00000240. The molecule has 3 aromatic rings. The van der Waals surface area contributed by atoms with Gasteiger partial charge in [0, 0.05) is 44.5 Å². The molecule has 0 amide bonds. The van der Waals surface area contributed by atoms with Crippen molar-refractivity contribution in [2.45, 2.75) is 39.0 Å². The Morgan fingerprint density at radius 3 is 2.72 bits per heavy atom. The van der Waals surface area contributed by atoms with E-state index < -0.39 is 0 Å². The number of hydrogen-bond acceptors (Lipinski definition) is 2. The molecule has 0 saturated heterocycles. The van der Waals surface area contributed by atoms with Crippen LogP contribution < -0.4 is 4.74 Å². The van der Waals surface area contributed by atoms with E-state index in [9.17, 15) is 4.79 Å². The van der Waals surface area contributed by atoms with Crippen molar-refractivity contribution < 1.29 is 42.2 Å². The fraction of sp³-hybridized carbons (Fsp3) is 0.346. The number of aryl methyl sites for hydroxylation is 2. The molecule has 1 fully saturated rings. The van der Waals surface area contributed by atoms with E-state index in [2.05, 4.69) is 49.4 Å². The molecule has 0 bridgehead atoms. The molecule has 29 heavy (non-hydrogen) atoms. The van der Waals surface area contributed by atoms with Gasteiger partial charge < -0.3 is 4.74 Å². The fourth-order valence-electron chi connectivity index (χ4n) is 4.31. The maximum absolute atomic E-state index is 12.5. The van der Waals surface area contributed by atoms with Crippen LogP contribution in [0.2, 0.25) is 0 Å². The average Bonchev–Trinajstić information content (AvgIpc) is 3.07. The summed E-state index contributed by atoms with van der Waals surface area (Å²) in [5, 5.41) is 2.28. The molecule has 3 heteroatoms. The predicted octanol–water partition coefficient (Wildman–Crippen LogP) is 5.94. The van der Waals surface area contributed by atoms with Crippen LogP contribution in [0.25, 0.3) is 10.8 Å². The third kappa shape index (κ3) is 5.55. The molecule has 0 spiro atoms. The zero-order chi connectivity index (χ0) is 19.3. The molecule has 4 rings (SSSR count). The van der Waals surface area contributed by atoms with Crippen molar-refractivity contribution >= 4 is 16.6 Å². The second kappa shape index (κ2) is 10.5. The summed E-state index contributed by atoms with van der Waals surface area (Å²) in [6.07, 6.45) is 4.95. The van der Waals surface area contributed by atoms with Gasteiger partial charge in [0.25, 0.3) is 0 Å². The molecule has 1 radical (unpaired) electrons. The van der Waals surface area contributed by atoms with Crippen LogP contribution in [0.1, 0.15) is 36.8 Å². The number of fused-ring (bicyclic) bond motifs is 1. The van der Waals surface area contributed by atoms with Crippen LogP contribution in [-0.4, -0.2) is 12.4 Å². The molecule has 2 nitrogen and oxygen atoms in total. The summed E-state index contributed by atoms with van der Waals surface area (Å²) in [5.41, 5.74) is 2.51. The van der Waals surface area contributed by atoms with Crippen molar-refractivity contribution in [3.05, 3.63) is 77.9 Å². The first-order valence-electron chi connectivity index (χ1n) is 10.3. The Bertz CT molecular complexity index is 943. The van der Waals surface area contributed by atoms with Crippen LogP contribution in [0, 0.1) is 24.8 Å². The molecule has 1 aliphatic carbocycles. The van der Waals surface area contributed by atoms with E-state index in [1.807, 2.05) is 24.3 Å². The van der Waals surface area contributed by atoms with Crippen molar-refractivity contribution in [2.75, 3.05) is 6.61 Å². The summed E-state index contributed by atoms with van der Waals surface area (Å²) >= 11 is 0. The van der Waals surface area contributed by atoms with Gasteiger partial charge in [-0.3, -0.25) is 4.79 Å². The van der Waals surface area contributed by atoms with Crippen molar-refractivity contribution in [3.8, 4) is 5.75 Å². The van der Waals surface area contributed by atoms with Gasteiger partial charge in [-0.1, -0.05) is 62.6 Å². The molecule has 2 atom stereocenters. The van der Waals surface area contributed by atoms with Gasteiger partial charge in [-0.15, -0.1) is 0 Å². The molecular formula is C26H27O2Y-. The van der Waals surface area contributed by atoms with Crippen LogP contribution in [0.15, 0.2) is 60.7 Å². The van der Waals surface area contributed by atoms with Crippen molar-refractivity contribution in [3.63, 3.8) is 0 Å². The van der Waals surface area contributed by atoms with E-state index >= 15 is 0 Å². The van der Waals surface area contributed by atoms with E-state index in [4.69, 9.17) is 4.74 Å². The first kappa shape index (κ1) is 22.2. The standard InChI is InChI=1S/C26H27O2.Y/c1-19-12-14-20(15-13-19)6-4-8-22-16-17-25(27)24(22)18-28-26-11-5-9-21-7-2-3-10-23(21)26;/h2-3,5,7,9-12,14-15,22,24H,4,6,8,16-18H2,1H3;/q-1;/t22-,24+;/m0./s1. The number of benzene rings is 3. The second-order valence-corrected chi connectivity index (χ2v) is 7.93. The summed E-state index contributed by atoms with van der Waals surface area (Å²) in [4.78, 5) is 12.5. The topological polar surface area (TPSA) is 26.3 Å². The van der Waals surface area contributed by atoms with Gasteiger partial charge in [0.2, 0.25) is 0 Å². The maximum atomic E-state index is 12.5. The first-order valence-corrected chi connectivity index (χ1v) is 10.3. The molecule has 3 aromatic carbocycles. The van der Waals surface area contributed by atoms with Gasteiger partial charge in [0.15, 0.2) is 0 Å². The van der Waals surface area contributed by atoms with E-state index in [-0.39, 0.29) is 38.6 Å². The summed E-state index contributed by atoms with van der Waals surface area (Å²) in [5.74, 6) is 1.72. The van der Waals surface area contributed by atoms with Crippen LogP contribution in [0.5, 0.6) is 5.75 Å². The minimum Gasteiger partial charge on any atom is -0.492 e. The summed E-state index contributed by atoms with van der Waals surface area (Å²) < 4.78 is 6.16. The normalized spacial score (nSPS) is 18.6. The Kier molecular flexibility index (Phi) is 8.03. The molecule has 0 aliphatic heterocycles. The quantitative estimate of drug-likeness (QED) is 0.408. The minimum atomic E-state index is 0. The number of Topliss-reactive ketones (excluding diaryl/α,β-unsaturated/α-hetero) is 1. The monoisotopic (exact) mass is 460 g/mol. The molecule has 147 valence electrons. The molecule has 0 unspecified atom stereocenters. The van der Waals surface area contributed by atoms with E-state index in [0.29, 0.717) is 24.7 Å². The molecule has 0 heterocycles. The molecule has 0 aromatic heterocycles. The Hall–Kier alpha value is -1.51. The summed E-state index contributed by atoms with van der Waals surface area (Å²) in [6.45, 7) is 2.56. The Morgan fingerprint density at radius 2 is 1.90 bits per heavy atom. The van der Waals surface area contributed by atoms with Gasteiger partial charge >= 0.3 is 0 Å². The summed E-state index contributed by atoms with van der Waals surface area (Å²) in [6, 6.07) is 24.0. The minimum absolute atomic E-state index is 0. The van der Waals surface area contributed by atoms with Crippen molar-refractivity contribution in [2.24, 2.45) is 11.8 Å². The van der Waals surface area contributed by atoms with Crippen LogP contribution in [-0.2, 0) is 43.9 Å². The van der Waals surface area contributed by atoms with Crippen LogP contribution in [0.3, 0.4) is 0 Å². The number of hydrogen-bond donors (Lipinski definition) is 0. The molecular weight excluding hydrogens is 433 g/mol. The Labute approximate surface area is 198 Å². The smallest absolute Gasteiger partial charge is 0.139 e. The number of ketones is 1. The maximum Gasteiger partial charge on any atom is 0.139 e. The van der Waals surface area contributed by atoms with Crippen molar-refractivity contribution in [1.29, 1.82) is 0 Å². The van der Waals surface area contributed by atoms with Gasteiger partial charge in [0.05, 0.1) is 12.5 Å². The third-order valence-electron chi connectivity index (χ3n) is 5.99. The number of carbonyl (C=O) groups excluding carboxylic acids is 1. The largest absolute Gasteiger partial charge is 0.492 e. The van der Waals surface area contributed by atoms with Gasteiger partial charge in [-0.25, -0.2) is 0 Å². The summed E-state index contributed by atoms with van der Waals surface area (Å²) in [7, 11) is 0.